The summed E-state index contributed by atoms with van der Waals surface area (Å²) in [6.45, 7) is 6.56. The highest BCUT2D eigenvalue weighted by atomic mass is 32.2. The first-order valence-corrected chi connectivity index (χ1v) is 6.12. The highest BCUT2D eigenvalue weighted by Gasteiger charge is 2.12. The number of hydrogen-bond acceptors (Lipinski definition) is 3. The van der Waals surface area contributed by atoms with Gasteiger partial charge in [0.2, 0.25) is 0 Å². The molecule has 0 aliphatic carbocycles. The van der Waals surface area contributed by atoms with Gasteiger partial charge in [-0.3, -0.25) is 0 Å². The van der Waals surface area contributed by atoms with Crippen molar-refractivity contribution in [3.05, 3.63) is 29.8 Å². The molecule has 1 aromatic rings. The van der Waals surface area contributed by atoms with Gasteiger partial charge >= 0.3 is 0 Å². The Kier molecular flexibility index (Phi) is 4.24. The SMILES string of the molecule is CC(C)(C)c1ccc(SCC(N)=NO)cc1. The van der Waals surface area contributed by atoms with E-state index in [0.29, 0.717) is 5.75 Å². The second-order valence-corrected chi connectivity index (χ2v) is 5.70. The van der Waals surface area contributed by atoms with Crippen LogP contribution in [0.1, 0.15) is 26.3 Å². The summed E-state index contributed by atoms with van der Waals surface area (Å²) in [6, 6.07) is 8.37. The van der Waals surface area contributed by atoms with Gasteiger partial charge in [-0.15, -0.1) is 11.8 Å². The first-order chi connectivity index (χ1) is 7.43. The van der Waals surface area contributed by atoms with Crippen LogP contribution in [-0.2, 0) is 5.41 Å². The fraction of sp³-hybridized carbons (Fsp3) is 0.417. The summed E-state index contributed by atoms with van der Waals surface area (Å²) < 4.78 is 0. The molecule has 0 heterocycles. The van der Waals surface area contributed by atoms with Crippen molar-refractivity contribution < 1.29 is 5.21 Å². The van der Waals surface area contributed by atoms with Crippen LogP contribution in [0.4, 0.5) is 0 Å². The molecular weight excluding hydrogens is 220 g/mol. The van der Waals surface area contributed by atoms with Crippen LogP contribution >= 0.6 is 11.8 Å². The summed E-state index contributed by atoms with van der Waals surface area (Å²) in [5.41, 5.74) is 6.88. The fourth-order valence-corrected chi connectivity index (χ4v) is 1.94. The van der Waals surface area contributed by atoms with Gasteiger partial charge in [-0.25, -0.2) is 0 Å². The lowest BCUT2D eigenvalue weighted by atomic mass is 9.87. The van der Waals surface area contributed by atoms with Gasteiger partial charge in [-0.05, 0) is 23.1 Å². The number of hydrogen-bond donors (Lipinski definition) is 2. The van der Waals surface area contributed by atoms with E-state index in [4.69, 9.17) is 10.9 Å². The van der Waals surface area contributed by atoms with Crippen LogP contribution in [0.5, 0.6) is 0 Å². The Morgan fingerprint density at radius 1 is 1.31 bits per heavy atom. The number of oxime groups is 1. The molecule has 0 spiro atoms. The summed E-state index contributed by atoms with van der Waals surface area (Å²) in [6.07, 6.45) is 0. The van der Waals surface area contributed by atoms with Crippen molar-refractivity contribution in [2.75, 3.05) is 5.75 Å². The molecule has 16 heavy (non-hydrogen) atoms. The predicted octanol–water partition coefficient (Wildman–Crippen LogP) is 2.82. The van der Waals surface area contributed by atoms with Crippen molar-refractivity contribution in [2.24, 2.45) is 10.9 Å². The Bertz CT molecular complexity index is 366. The van der Waals surface area contributed by atoms with E-state index >= 15 is 0 Å². The van der Waals surface area contributed by atoms with E-state index in [9.17, 15) is 0 Å². The number of amidine groups is 1. The minimum Gasteiger partial charge on any atom is -0.409 e. The normalized spacial score (nSPS) is 12.8. The second kappa shape index (κ2) is 5.25. The molecule has 0 unspecified atom stereocenters. The standard InChI is InChI=1S/C12H18N2OS/c1-12(2,3)9-4-6-10(7-5-9)16-8-11(13)14-15/h4-7,15H,8H2,1-3H3,(H2,13,14). The van der Waals surface area contributed by atoms with Gasteiger partial charge in [0.1, 0.15) is 5.84 Å². The minimum atomic E-state index is 0.175. The average molecular weight is 238 g/mol. The Labute approximate surface area is 101 Å². The van der Waals surface area contributed by atoms with E-state index in [-0.39, 0.29) is 11.3 Å². The maximum Gasteiger partial charge on any atom is 0.149 e. The third-order valence-corrected chi connectivity index (χ3v) is 3.28. The fourth-order valence-electron chi connectivity index (χ4n) is 1.24. The molecule has 3 N–H and O–H groups in total. The van der Waals surface area contributed by atoms with Gasteiger partial charge in [0, 0.05) is 4.90 Å². The van der Waals surface area contributed by atoms with Gasteiger partial charge in [0.25, 0.3) is 0 Å². The van der Waals surface area contributed by atoms with Gasteiger partial charge in [-0.2, -0.15) is 0 Å². The molecule has 1 aromatic carbocycles. The predicted molar refractivity (Wildman–Crippen MR) is 69.3 cm³/mol. The number of rotatable bonds is 3. The lowest BCUT2D eigenvalue weighted by molar-refractivity contribution is 0.318. The largest absolute Gasteiger partial charge is 0.409 e. The summed E-state index contributed by atoms with van der Waals surface area (Å²) in [5.74, 6) is 0.746. The molecule has 0 aliphatic heterocycles. The Morgan fingerprint density at radius 2 is 1.88 bits per heavy atom. The van der Waals surface area contributed by atoms with Crippen molar-refractivity contribution in [1.29, 1.82) is 0 Å². The molecule has 0 saturated heterocycles. The number of nitrogens with zero attached hydrogens (tertiary/aromatic N) is 1. The van der Waals surface area contributed by atoms with E-state index in [0.717, 1.165) is 4.90 Å². The average Bonchev–Trinajstić information content (AvgIpc) is 2.25. The molecule has 4 heteroatoms. The lowest BCUT2D eigenvalue weighted by Gasteiger charge is -2.18. The lowest BCUT2D eigenvalue weighted by Crippen LogP contribution is -2.14. The summed E-state index contributed by atoms with van der Waals surface area (Å²) in [7, 11) is 0. The van der Waals surface area contributed by atoms with E-state index in [1.54, 1.807) is 11.8 Å². The van der Waals surface area contributed by atoms with Gasteiger partial charge < -0.3 is 10.9 Å². The Morgan fingerprint density at radius 3 is 2.31 bits per heavy atom. The molecule has 0 atom stereocenters. The second-order valence-electron chi connectivity index (χ2n) is 4.65. The number of benzene rings is 1. The molecule has 0 aromatic heterocycles. The number of nitrogens with two attached hydrogens (primary N) is 1. The zero-order valence-corrected chi connectivity index (χ0v) is 10.7. The van der Waals surface area contributed by atoms with Gasteiger partial charge in [0.15, 0.2) is 0 Å². The third-order valence-electron chi connectivity index (χ3n) is 2.24. The van der Waals surface area contributed by atoms with Crippen molar-refractivity contribution >= 4 is 17.6 Å². The molecule has 0 aliphatic rings. The molecule has 0 radical (unpaired) electrons. The van der Waals surface area contributed by atoms with Crippen LogP contribution in [0.2, 0.25) is 0 Å². The molecule has 88 valence electrons. The van der Waals surface area contributed by atoms with Crippen LogP contribution in [-0.4, -0.2) is 16.8 Å². The van der Waals surface area contributed by atoms with Crippen LogP contribution in [0.3, 0.4) is 0 Å². The third kappa shape index (κ3) is 3.77. The molecule has 0 amide bonds. The molecule has 0 saturated carbocycles. The highest BCUT2D eigenvalue weighted by molar-refractivity contribution is 8.00. The van der Waals surface area contributed by atoms with Crippen LogP contribution < -0.4 is 5.73 Å². The molecule has 1 rings (SSSR count). The topological polar surface area (TPSA) is 58.6 Å². The van der Waals surface area contributed by atoms with Crippen molar-refractivity contribution in [3.63, 3.8) is 0 Å². The minimum absolute atomic E-state index is 0.175. The Balaban J connectivity index is 2.65. The summed E-state index contributed by atoms with van der Waals surface area (Å²) in [4.78, 5) is 1.12. The number of thioether (sulfide) groups is 1. The molecule has 0 fully saturated rings. The smallest absolute Gasteiger partial charge is 0.149 e. The van der Waals surface area contributed by atoms with Crippen LogP contribution in [0.15, 0.2) is 34.3 Å². The van der Waals surface area contributed by atoms with Crippen molar-refractivity contribution in [3.8, 4) is 0 Å². The molecule has 3 nitrogen and oxygen atoms in total. The van der Waals surface area contributed by atoms with Crippen LogP contribution in [0, 0.1) is 0 Å². The van der Waals surface area contributed by atoms with Gasteiger partial charge in [-0.1, -0.05) is 38.1 Å². The summed E-state index contributed by atoms with van der Waals surface area (Å²) >= 11 is 1.56. The first-order valence-electron chi connectivity index (χ1n) is 5.13. The van der Waals surface area contributed by atoms with Crippen molar-refractivity contribution in [1.82, 2.24) is 0 Å². The van der Waals surface area contributed by atoms with Crippen LogP contribution in [0.25, 0.3) is 0 Å². The summed E-state index contributed by atoms with van der Waals surface area (Å²) in [5, 5.41) is 11.3. The quantitative estimate of drug-likeness (QED) is 0.280. The van der Waals surface area contributed by atoms with E-state index in [2.05, 4.69) is 50.2 Å². The molecule has 0 bridgehead atoms. The van der Waals surface area contributed by atoms with E-state index in [1.165, 1.54) is 5.56 Å². The Hall–Kier alpha value is -1.16. The maximum atomic E-state index is 8.41. The van der Waals surface area contributed by atoms with E-state index < -0.39 is 0 Å². The molecular formula is C12H18N2OS. The zero-order chi connectivity index (χ0) is 12.2. The van der Waals surface area contributed by atoms with E-state index in [1.807, 2.05) is 0 Å². The maximum absolute atomic E-state index is 8.41. The zero-order valence-electron chi connectivity index (χ0n) is 9.90. The van der Waals surface area contributed by atoms with Gasteiger partial charge in [0.05, 0.1) is 5.75 Å². The van der Waals surface area contributed by atoms with Crippen molar-refractivity contribution in [2.45, 2.75) is 31.1 Å². The highest BCUT2D eigenvalue weighted by Crippen LogP contribution is 2.25. The first kappa shape index (κ1) is 12.9. The monoisotopic (exact) mass is 238 g/mol.